The summed E-state index contributed by atoms with van der Waals surface area (Å²) < 4.78 is 5.14. The van der Waals surface area contributed by atoms with Crippen LogP contribution in [0.15, 0.2) is 36.4 Å². The largest absolute Gasteiger partial charge is 0.455 e. The van der Waals surface area contributed by atoms with Crippen molar-refractivity contribution in [1.29, 1.82) is 0 Å². The van der Waals surface area contributed by atoms with Crippen LogP contribution in [-0.4, -0.2) is 13.0 Å². The van der Waals surface area contributed by atoms with E-state index in [2.05, 4.69) is 18.2 Å². The standard InChI is InChI=1S/C16H15NO2/c17-9-8-11-4-5-12-2-1-3-14-15(19-10-18)7-6-13(11)16(12)14/h1-7,10,15H,8-9,17H2. The smallest absolute Gasteiger partial charge is 0.294 e. The van der Waals surface area contributed by atoms with Crippen molar-refractivity contribution in [3.63, 3.8) is 0 Å². The molecule has 0 saturated heterocycles. The van der Waals surface area contributed by atoms with Crippen LogP contribution in [-0.2, 0) is 16.0 Å². The van der Waals surface area contributed by atoms with E-state index in [4.69, 9.17) is 10.5 Å². The molecule has 0 aromatic heterocycles. The maximum Gasteiger partial charge on any atom is 0.294 e. The van der Waals surface area contributed by atoms with Gasteiger partial charge in [-0.1, -0.05) is 36.4 Å². The van der Waals surface area contributed by atoms with Gasteiger partial charge in [-0.3, -0.25) is 4.79 Å². The molecule has 0 heterocycles. The van der Waals surface area contributed by atoms with Gasteiger partial charge < -0.3 is 10.5 Å². The Balaban J connectivity index is 2.25. The fourth-order valence-corrected chi connectivity index (χ4v) is 2.75. The summed E-state index contributed by atoms with van der Waals surface area (Å²) in [5.74, 6) is 0. The van der Waals surface area contributed by atoms with Crippen molar-refractivity contribution in [2.45, 2.75) is 12.5 Å². The van der Waals surface area contributed by atoms with Gasteiger partial charge in [0.15, 0.2) is 0 Å². The second-order valence-corrected chi connectivity index (χ2v) is 4.63. The van der Waals surface area contributed by atoms with Gasteiger partial charge in [0.1, 0.15) is 6.10 Å². The van der Waals surface area contributed by atoms with Crippen molar-refractivity contribution in [1.82, 2.24) is 0 Å². The maximum atomic E-state index is 10.6. The molecule has 0 amide bonds. The molecule has 1 aliphatic rings. The number of hydrogen-bond donors (Lipinski definition) is 1. The highest BCUT2D eigenvalue weighted by atomic mass is 16.5. The lowest BCUT2D eigenvalue weighted by Crippen LogP contribution is -2.09. The maximum absolute atomic E-state index is 10.6. The van der Waals surface area contributed by atoms with E-state index in [1.165, 1.54) is 16.5 Å². The van der Waals surface area contributed by atoms with E-state index >= 15 is 0 Å². The minimum atomic E-state index is -0.290. The van der Waals surface area contributed by atoms with Crippen LogP contribution in [0.4, 0.5) is 0 Å². The summed E-state index contributed by atoms with van der Waals surface area (Å²) in [4.78, 5) is 10.6. The molecule has 3 heteroatoms. The van der Waals surface area contributed by atoms with Gasteiger partial charge in [-0.25, -0.2) is 0 Å². The first-order valence-corrected chi connectivity index (χ1v) is 6.37. The lowest BCUT2D eigenvalue weighted by molar-refractivity contribution is -0.131. The van der Waals surface area contributed by atoms with E-state index in [-0.39, 0.29) is 6.10 Å². The third-order valence-corrected chi connectivity index (χ3v) is 3.57. The van der Waals surface area contributed by atoms with Crippen LogP contribution in [0.25, 0.3) is 16.8 Å². The summed E-state index contributed by atoms with van der Waals surface area (Å²) in [6.07, 6.45) is 4.52. The Morgan fingerprint density at radius 2 is 2.16 bits per heavy atom. The van der Waals surface area contributed by atoms with Crippen LogP contribution in [0.2, 0.25) is 0 Å². The Hall–Kier alpha value is -2.13. The zero-order valence-electron chi connectivity index (χ0n) is 10.5. The van der Waals surface area contributed by atoms with Crippen molar-refractivity contribution in [2.75, 3.05) is 6.54 Å². The van der Waals surface area contributed by atoms with E-state index in [1.54, 1.807) is 0 Å². The molecule has 0 fully saturated rings. The first-order chi connectivity index (χ1) is 9.35. The Morgan fingerprint density at radius 1 is 1.26 bits per heavy atom. The van der Waals surface area contributed by atoms with Gasteiger partial charge in [0.2, 0.25) is 0 Å². The molecule has 96 valence electrons. The molecule has 3 rings (SSSR count). The minimum absolute atomic E-state index is 0.290. The number of ether oxygens (including phenoxy) is 1. The van der Waals surface area contributed by atoms with Crippen LogP contribution < -0.4 is 5.73 Å². The van der Waals surface area contributed by atoms with Crippen LogP contribution >= 0.6 is 0 Å². The normalized spacial score (nSPS) is 16.6. The molecule has 2 aromatic rings. The number of carbonyl (C=O) groups excluding carboxylic acids is 1. The molecular formula is C16H15NO2. The Bertz CT molecular complexity index is 661. The van der Waals surface area contributed by atoms with Crippen LogP contribution in [0.3, 0.4) is 0 Å². The first kappa shape index (κ1) is 11.9. The second kappa shape index (κ2) is 4.86. The molecule has 0 spiro atoms. The van der Waals surface area contributed by atoms with Crippen molar-refractivity contribution >= 4 is 23.3 Å². The highest BCUT2D eigenvalue weighted by Crippen LogP contribution is 2.36. The molecule has 0 radical (unpaired) electrons. The van der Waals surface area contributed by atoms with Gasteiger partial charge >= 0.3 is 0 Å². The van der Waals surface area contributed by atoms with Gasteiger partial charge in [0.05, 0.1) is 0 Å². The molecule has 1 atom stereocenters. The second-order valence-electron chi connectivity index (χ2n) is 4.63. The molecule has 0 saturated carbocycles. The number of rotatable bonds is 4. The molecule has 2 N–H and O–H groups in total. The monoisotopic (exact) mass is 253 g/mol. The lowest BCUT2D eigenvalue weighted by Gasteiger charge is -2.21. The van der Waals surface area contributed by atoms with Crippen LogP contribution in [0.5, 0.6) is 0 Å². The minimum Gasteiger partial charge on any atom is -0.455 e. The first-order valence-electron chi connectivity index (χ1n) is 6.37. The van der Waals surface area contributed by atoms with Gasteiger partial charge in [-0.2, -0.15) is 0 Å². The number of hydrogen-bond acceptors (Lipinski definition) is 3. The fraction of sp³-hybridized carbons (Fsp3) is 0.188. The highest BCUT2D eigenvalue weighted by Gasteiger charge is 2.19. The Morgan fingerprint density at radius 3 is 2.95 bits per heavy atom. The number of nitrogens with two attached hydrogens (primary N) is 1. The fourth-order valence-electron chi connectivity index (χ4n) is 2.75. The predicted molar refractivity (Wildman–Crippen MR) is 75.6 cm³/mol. The molecule has 19 heavy (non-hydrogen) atoms. The van der Waals surface area contributed by atoms with E-state index in [0.29, 0.717) is 13.0 Å². The van der Waals surface area contributed by atoms with E-state index in [9.17, 15) is 4.79 Å². The Labute approximate surface area is 111 Å². The highest BCUT2D eigenvalue weighted by molar-refractivity contribution is 5.96. The molecule has 3 nitrogen and oxygen atoms in total. The average molecular weight is 253 g/mol. The van der Waals surface area contributed by atoms with Crippen molar-refractivity contribution in [3.8, 4) is 0 Å². The topological polar surface area (TPSA) is 52.3 Å². The third kappa shape index (κ3) is 1.92. The SMILES string of the molecule is NCCc1ccc2cccc3c2c1C=CC3OC=O. The summed E-state index contributed by atoms with van der Waals surface area (Å²) in [7, 11) is 0. The molecule has 0 bridgehead atoms. The van der Waals surface area contributed by atoms with E-state index < -0.39 is 0 Å². The van der Waals surface area contributed by atoms with E-state index in [0.717, 1.165) is 17.4 Å². The molecule has 0 aliphatic heterocycles. The third-order valence-electron chi connectivity index (χ3n) is 3.57. The van der Waals surface area contributed by atoms with Gasteiger partial charge in [-0.05, 0) is 40.9 Å². The van der Waals surface area contributed by atoms with Crippen LogP contribution in [0.1, 0.15) is 22.8 Å². The van der Waals surface area contributed by atoms with Crippen molar-refractivity contribution in [2.24, 2.45) is 5.73 Å². The molecular weight excluding hydrogens is 238 g/mol. The molecule has 2 aromatic carbocycles. The van der Waals surface area contributed by atoms with Gasteiger partial charge in [0, 0.05) is 5.56 Å². The lowest BCUT2D eigenvalue weighted by atomic mass is 9.88. The summed E-state index contributed by atoms with van der Waals surface area (Å²) in [6.45, 7) is 1.13. The quantitative estimate of drug-likeness (QED) is 0.852. The number of benzene rings is 2. The van der Waals surface area contributed by atoms with Crippen molar-refractivity contribution < 1.29 is 9.53 Å². The average Bonchev–Trinajstić information content (AvgIpc) is 2.44. The molecule has 1 aliphatic carbocycles. The summed E-state index contributed by atoms with van der Waals surface area (Å²) in [5, 5.41) is 2.33. The summed E-state index contributed by atoms with van der Waals surface area (Å²) in [6, 6.07) is 10.3. The summed E-state index contributed by atoms with van der Waals surface area (Å²) >= 11 is 0. The zero-order chi connectivity index (χ0) is 13.2. The number of carbonyl (C=O) groups is 1. The molecule has 1 unspecified atom stereocenters. The predicted octanol–water partition coefficient (Wildman–Crippen LogP) is 2.58. The van der Waals surface area contributed by atoms with Crippen molar-refractivity contribution in [3.05, 3.63) is 53.1 Å². The Kier molecular flexibility index (Phi) is 3.05. The van der Waals surface area contributed by atoms with Crippen LogP contribution in [0, 0.1) is 0 Å². The van der Waals surface area contributed by atoms with E-state index in [1.807, 2.05) is 24.3 Å². The van der Waals surface area contributed by atoms with Gasteiger partial charge in [-0.15, -0.1) is 0 Å². The zero-order valence-corrected chi connectivity index (χ0v) is 10.5. The summed E-state index contributed by atoms with van der Waals surface area (Å²) in [5.41, 5.74) is 9.14. The van der Waals surface area contributed by atoms with Gasteiger partial charge in [0.25, 0.3) is 6.47 Å².